The zero-order valence-electron chi connectivity index (χ0n) is 10.3. The molecular weight excluding hydrogens is 261 g/mol. The fourth-order valence-electron chi connectivity index (χ4n) is 1.09. The molecule has 0 N–H and O–H groups in total. The topological polar surface area (TPSA) is 29.4 Å². The third kappa shape index (κ3) is 3.89. The molecule has 94 valence electrons. The lowest BCUT2D eigenvalue weighted by molar-refractivity contribution is 0.625. The maximum absolute atomic E-state index is 13.5. The number of hydrogen-bond acceptors (Lipinski definition) is 1. The van der Waals surface area contributed by atoms with E-state index in [4.69, 9.17) is 11.6 Å². The van der Waals surface area contributed by atoms with Gasteiger partial charge in [0.1, 0.15) is 16.8 Å². The van der Waals surface area contributed by atoms with Crippen LogP contribution in [0, 0.1) is 5.82 Å². The van der Waals surface area contributed by atoms with E-state index >= 15 is 0 Å². The van der Waals surface area contributed by atoms with E-state index < -0.39 is 21.5 Å². The Morgan fingerprint density at radius 1 is 1.41 bits per heavy atom. The minimum Gasteiger partial charge on any atom is -0.234 e. The SMILES string of the molecule is CC(=N[S@](=O)C(C)(C)C)c1cc(Cl)ccc1F. The first-order chi connectivity index (χ1) is 7.71. The van der Waals surface area contributed by atoms with Crippen LogP contribution in [0.4, 0.5) is 4.39 Å². The van der Waals surface area contributed by atoms with Crippen molar-refractivity contribution in [3.05, 3.63) is 34.6 Å². The van der Waals surface area contributed by atoms with Crippen LogP contribution in [0.3, 0.4) is 0 Å². The van der Waals surface area contributed by atoms with Gasteiger partial charge in [0.2, 0.25) is 0 Å². The normalized spacial score (nSPS) is 14.8. The number of rotatable bonds is 2. The summed E-state index contributed by atoms with van der Waals surface area (Å²) in [6.07, 6.45) is 0. The second-order valence-corrected chi connectivity index (χ2v) is 7.00. The molecule has 2 nitrogen and oxygen atoms in total. The number of hydrogen-bond donors (Lipinski definition) is 0. The monoisotopic (exact) mass is 275 g/mol. The number of nitrogens with zero attached hydrogens (tertiary/aromatic N) is 1. The summed E-state index contributed by atoms with van der Waals surface area (Å²) < 4.78 is 28.9. The van der Waals surface area contributed by atoms with Gasteiger partial charge in [-0.15, -0.1) is 0 Å². The van der Waals surface area contributed by atoms with Crippen molar-refractivity contribution < 1.29 is 8.60 Å². The average molecular weight is 276 g/mol. The summed E-state index contributed by atoms with van der Waals surface area (Å²) in [6, 6.07) is 4.22. The van der Waals surface area contributed by atoms with Crippen LogP contribution in [-0.2, 0) is 11.0 Å². The van der Waals surface area contributed by atoms with Gasteiger partial charge in [0.25, 0.3) is 0 Å². The zero-order chi connectivity index (χ0) is 13.2. The Hall–Kier alpha value is -0.740. The summed E-state index contributed by atoms with van der Waals surface area (Å²) in [6.45, 7) is 7.06. The summed E-state index contributed by atoms with van der Waals surface area (Å²) >= 11 is 5.79. The highest BCUT2D eigenvalue weighted by Gasteiger charge is 2.19. The first-order valence-electron chi connectivity index (χ1n) is 5.14. The molecule has 1 rings (SSSR count). The molecule has 0 saturated heterocycles. The van der Waals surface area contributed by atoms with Crippen LogP contribution in [-0.4, -0.2) is 14.7 Å². The molecule has 0 fully saturated rings. The Labute approximate surface area is 108 Å². The Morgan fingerprint density at radius 2 is 2.00 bits per heavy atom. The summed E-state index contributed by atoms with van der Waals surface area (Å²) in [5, 5.41) is 0.428. The van der Waals surface area contributed by atoms with Crippen molar-refractivity contribution in [1.29, 1.82) is 0 Å². The molecule has 1 aromatic rings. The van der Waals surface area contributed by atoms with Gasteiger partial charge in [-0.25, -0.2) is 8.60 Å². The molecule has 0 aliphatic heterocycles. The molecule has 0 bridgehead atoms. The lowest BCUT2D eigenvalue weighted by Crippen LogP contribution is -2.20. The minimum atomic E-state index is -1.40. The van der Waals surface area contributed by atoms with Crippen molar-refractivity contribution in [3.8, 4) is 0 Å². The van der Waals surface area contributed by atoms with E-state index in [1.165, 1.54) is 18.2 Å². The van der Waals surface area contributed by atoms with Gasteiger partial charge in [0.05, 0.1) is 10.5 Å². The van der Waals surface area contributed by atoms with Gasteiger partial charge in [-0.3, -0.25) is 0 Å². The highest BCUT2D eigenvalue weighted by Crippen LogP contribution is 2.18. The standard InChI is InChI=1S/C12H15ClFNOS/c1-8(15-17(16)12(2,3)4)10-7-9(13)5-6-11(10)14/h5-7H,1-4H3/t17-/m1/s1. The Morgan fingerprint density at radius 3 is 2.53 bits per heavy atom. The largest absolute Gasteiger partial charge is 0.234 e. The van der Waals surface area contributed by atoms with E-state index in [1.54, 1.807) is 6.92 Å². The number of benzene rings is 1. The summed E-state index contributed by atoms with van der Waals surface area (Å²) in [5.74, 6) is -0.415. The van der Waals surface area contributed by atoms with Crippen LogP contribution in [0.2, 0.25) is 5.02 Å². The Kier molecular flexibility index (Phi) is 4.44. The van der Waals surface area contributed by atoms with E-state index in [2.05, 4.69) is 4.40 Å². The Balaban J connectivity index is 3.12. The molecule has 17 heavy (non-hydrogen) atoms. The van der Waals surface area contributed by atoms with Gasteiger partial charge < -0.3 is 0 Å². The van der Waals surface area contributed by atoms with Gasteiger partial charge in [0, 0.05) is 10.6 Å². The van der Waals surface area contributed by atoms with Crippen LogP contribution in [0.5, 0.6) is 0 Å². The van der Waals surface area contributed by atoms with E-state index in [-0.39, 0.29) is 5.56 Å². The van der Waals surface area contributed by atoms with Gasteiger partial charge in [-0.05, 0) is 45.9 Å². The van der Waals surface area contributed by atoms with Gasteiger partial charge in [-0.1, -0.05) is 11.6 Å². The lowest BCUT2D eigenvalue weighted by Gasteiger charge is -2.14. The molecule has 1 atom stereocenters. The summed E-state index contributed by atoms with van der Waals surface area (Å²) in [4.78, 5) is 0. The van der Waals surface area contributed by atoms with Crippen molar-refractivity contribution in [2.24, 2.45) is 4.40 Å². The van der Waals surface area contributed by atoms with Gasteiger partial charge >= 0.3 is 0 Å². The molecule has 0 spiro atoms. The molecule has 0 amide bonds. The maximum atomic E-state index is 13.5. The number of halogens is 2. The second kappa shape index (κ2) is 5.27. The van der Waals surface area contributed by atoms with E-state index in [9.17, 15) is 8.60 Å². The van der Waals surface area contributed by atoms with E-state index in [1.807, 2.05) is 20.8 Å². The highest BCUT2D eigenvalue weighted by molar-refractivity contribution is 7.85. The summed E-state index contributed by atoms with van der Waals surface area (Å²) in [7, 11) is -1.40. The van der Waals surface area contributed by atoms with Crippen molar-refractivity contribution >= 4 is 28.3 Å². The third-order valence-corrected chi connectivity index (χ3v) is 3.78. The molecule has 0 radical (unpaired) electrons. The molecular formula is C12H15ClFNOS. The lowest BCUT2D eigenvalue weighted by atomic mass is 10.1. The first-order valence-corrected chi connectivity index (χ1v) is 6.63. The van der Waals surface area contributed by atoms with Gasteiger partial charge in [-0.2, -0.15) is 4.40 Å². The smallest absolute Gasteiger partial charge is 0.145 e. The van der Waals surface area contributed by atoms with Crippen LogP contribution in [0.15, 0.2) is 22.6 Å². The third-order valence-electron chi connectivity index (χ3n) is 2.06. The van der Waals surface area contributed by atoms with Crippen LogP contribution in [0.25, 0.3) is 0 Å². The molecule has 0 saturated carbocycles. The molecule has 0 unspecified atom stereocenters. The zero-order valence-corrected chi connectivity index (χ0v) is 11.8. The fraction of sp³-hybridized carbons (Fsp3) is 0.417. The Bertz CT molecular complexity index is 480. The molecule has 1 aromatic carbocycles. The minimum absolute atomic E-state index is 0.287. The van der Waals surface area contributed by atoms with E-state index in [0.29, 0.717) is 10.7 Å². The summed E-state index contributed by atoms with van der Waals surface area (Å²) in [5.41, 5.74) is 0.674. The second-order valence-electron chi connectivity index (χ2n) is 4.66. The maximum Gasteiger partial charge on any atom is 0.145 e. The average Bonchev–Trinajstić information content (AvgIpc) is 2.20. The van der Waals surface area contributed by atoms with Crippen LogP contribution >= 0.6 is 11.6 Å². The van der Waals surface area contributed by atoms with Gasteiger partial charge in [0.15, 0.2) is 0 Å². The van der Waals surface area contributed by atoms with Crippen molar-refractivity contribution in [3.63, 3.8) is 0 Å². The molecule has 0 heterocycles. The van der Waals surface area contributed by atoms with E-state index in [0.717, 1.165) is 0 Å². The van der Waals surface area contributed by atoms with Crippen molar-refractivity contribution in [1.82, 2.24) is 0 Å². The quantitative estimate of drug-likeness (QED) is 0.756. The van der Waals surface area contributed by atoms with Crippen molar-refractivity contribution in [2.75, 3.05) is 0 Å². The van der Waals surface area contributed by atoms with Crippen molar-refractivity contribution in [2.45, 2.75) is 32.4 Å². The molecule has 5 heteroatoms. The first kappa shape index (κ1) is 14.3. The highest BCUT2D eigenvalue weighted by atomic mass is 35.5. The molecule has 0 aliphatic rings. The fourth-order valence-corrected chi connectivity index (χ4v) is 1.88. The molecule has 0 aliphatic carbocycles. The predicted octanol–water partition coefficient (Wildman–Crippen LogP) is 3.75. The van der Waals surface area contributed by atoms with Crippen LogP contribution in [0.1, 0.15) is 33.3 Å². The predicted molar refractivity (Wildman–Crippen MR) is 71.5 cm³/mol. The van der Waals surface area contributed by atoms with Crippen LogP contribution < -0.4 is 0 Å². The molecule has 0 aromatic heterocycles.